The minimum atomic E-state index is -0.160. The van der Waals surface area contributed by atoms with Gasteiger partial charge >= 0.3 is 0 Å². The SMILES string of the molecule is Cc1nc(Oc2ccc(NC(=O)c3ccc4ccccc4c3)cc2)cc(-n2cccc2)n1. The van der Waals surface area contributed by atoms with Gasteiger partial charge in [-0.2, -0.15) is 4.98 Å². The highest BCUT2D eigenvalue weighted by molar-refractivity contribution is 6.06. The molecule has 2 aromatic heterocycles. The van der Waals surface area contributed by atoms with Crippen LogP contribution in [0.3, 0.4) is 0 Å². The summed E-state index contributed by atoms with van der Waals surface area (Å²) in [6.07, 6.45) is 3.83. The van der Waals surface area contributed by atoms with Gasteiger partial charge in [0.15, 0.2) is 0 Å². The van der Waals surface area contributed by atoms with Crippen molar-refractivity contribution in [1.29, 1.82) is 0 Å². The lowest BCUT2D eigenvalue weighted by Gasteiger charge is -2.10. The highest BCUT2D eigenvalue weighted by Gasteiger charge is 2.09. The van der Waals surface area contributed by atoms with Crippen LogP contribution in [0.5, 0.6) is 11.6 Å². The summed E-state index contributed by atoms with van der Waals surface area (Å²) in [6, 6.07) is 26.5. The average Bonchev–Trinajstić information content (AvgIpc) is 3.35. The Balaban J connectivity index is 1.29. The van der Waals surface area contributed by atoms with E-state index >= 15 is 0 Å². The van der Waals surface area contributed by atoms with E-state index in [-0.39, 0.29) is 5.91 Å². The fourth-order valence-corrected chi connectivity index (χ4v) is 3.46. The molecule has 1 amide bonds. The van der Waals surface area contributed by atoms with Gasteiger partial charge in [0.2, 0.25) is 5.88 Å². The molecule has 0 radical (unpaired) electrons. The number of nitrogens with one attached hydrogen (secondary N) is 1. The van der Waals surface area contributed by atoms with E-state index in [9.17, 15) is 4.79 Å². The maximum atomic E-state index is 12.7. The fraction of sp³-hybridized carbons (Fsp3) is 0.0385. The van der Waals surface area contributed by atoms with E-state index in [0.29, 0.717) is 28.7 Å². The molecule has 0 saturated heterocycles. The van der Waals surface area contributed by atoms with Crippen molar-refractivity contribution < 1.29 is 9.53 Å². The molecule has 156 valence electrons. The van der Waals surface area contributed by atoms with Crippen LogP contribution in [0.25, 0.3) is 16.6 Å². The summed E-state index contributed by atoms with van der Waals surface area (Å²) in [5.41, 5.74) is 1.29. The van der Waals surface area contributed by atoms with Crippen LogP contribution in [0.4, 0.5) is 5.69 Å². The molecule has 0 bridgehead atoms. The quantitative estimate of drug-likeness (QED) is 0.392. The molecule has 0 spiro atoms. The number of benzene rings is 3. The number of carbonyl (C=O) groups excluding carboxylic acids is 1. The molecular formula is C26H20N4O2. The van der Waals surface area contributed by atoms with Gasteiger partial charge in [0.25, 0.3) is 5.91 Å². The minimum absolute atomic E-state index is 0.160. The summed E-state index contributed by atoms with van der Waals surface area (Å²) in [6.45, 7) is 1.82. The van der Waals surface area contributed by atoms with Crippen LogP contribution >= 0.6 is 0 Å². The predicted octanol–water partition coefficient (Wildman–Crippen LogP) is 5.77. The molecule has 0 aliphatic heterocycles. The molecule has 0 aliphatic carbocycles. The number of ether oxygens (including phenoxy) is 1. The number of anilines is 1. The third-order valence-electron chi connectivity index (χ3n) is 5.02. The van der Waals surface area contributed by atoms with Crippen LogP contribution in [0, 0.1) is 6.92 Å². The lowest BCUT2D eigenvalue weighted by Crippen LogP contribution is -2.11. The third kappa shape index (κ3) is 4.20. The first-order valence-corrected chi connectivity index (χ1v) is 10.2. The van der Waals surface area contributed by atoms with Gasteiger partial charge in [0, 0.05) is 29.7 Å². The van der Waals surface area contributed by atoms with Crippen molar-refractivity contribution in [3.8, 4) is 17.4 Å². The topological polar surface area (TPSA) is 69.0 Å². The van der Waals surface area contributed by atoms with Crippen LogP contribution in [0.1, 0.15) is 16.2 Å². The van der Waals surface area contributed by atoms with E-state index in [1.807, 2.05) is 78.5 Å². The molecule has 32 heavy (non-hydrogen) atoms. The molecule has 5 aromatic rings. The Morgan fingerprint density at radius 2 is 1.59 bits per heavy atom. The van der Waals surface area contributed by atoms with Crippen molar-refractivity contribution >= 4 is 22.4 Å². The molecule has 6 heteroatoms. The molecule has 2 heterocycles. The van der Waals surface area contributed by atoms with Gasteiger partial charge < -0.3 is 14.6 Å². The van der Waals surface area contributed by atoms with Crippen molar-refractivity contribution in [2.75, 3.05) is 5.32 Å². The Morgan fingerprint density at radius 1 is 0.844 bits per heavy atom. The Bertz CT molecular complexity index is 1390. The average molecular weight is 420 g/mol. The second-order valence-corrected chi connectivity index (χ2v) is 7.34. The lowest BCUT2D eigenvalue weighted by molar-refractivity contribution is 0.102. The van der Waals surface area contributed by atoms with E-state index in [0.717, 1.165) is 16.6 Å². The molecule has 6 nitrogen and oxygen atoms in total. The molecule has 0 saturated carbocycles. The first kappa shape index (κ1) is 19.5. The first-order valence-electron chi connectivity index (χ1n) is 10.2. The van der Waals surface area contributed by atoms with E-state index in [4.69, 9.17) is 4.74 Å². The van der Waals surface area contributed by atoms with Crippen molar-refractivity contribution in [2.45, 2.75) is 6.92 Å². The Labute approximate surface area is 185 Å². The van der Waals surface area contributed by atoms with Crippen LogP contribution in [0.15, 0.2) is 97.3 Å². The summed E-state index contributed by atoms with van der Waals surface area (Å²) in [7, 11) is 0. The highest BCUT2D eigenvalue weighted by Crippen LogP contribution is 2.24. The molecule has 5 rings (SSSR count). The first-order chi connectivity index (χ1) is 15.6. The Hall–Kier alpha value is -4.45. The van der Waals surface area contributed by atoms with E-state index in [1.165, 1.54) is 0 Å². The third-order valence-corrected chi connectivity index (χ3v) is 5.02. The van der Waals surface area contributed by atoms with Crippen molar-refractivity contribution in [1.82, 2.24) is 14.5 Å². The van der Waals surface area contributed by atoms with Gasteiger partial charge in [0.05, 0.1) is 0 Å². The highest BCUT2D eigenvalue weighted by atomic mass is 16.5. The van der Waals surface area contributed by atoms with Gasteiger partial charge in [-0.05, 0) is 66.2 Å². The predicted molar refractivity (Wildman–Crippen MR) is 125 cm³/mol. The minimum Gasteiger partial charge on any atom is -0.439 e. The van der Waals surface area contributed by atoms with Crippen LogP contribution < -0.4 is 10.1 Å². The van der Waals surface area contributed by atoms with Gasteiger partial charge in [-0.25, -0.2) is 4.98 Å². The molecule has 0 fully saturated rings. The zero-order valence-electron chi connectivity index (χ0n) is 17.4. The maximum absolute atomic E-state index is 12.7. The fourth-order valence-electron chi connectivity index (χ4n) is 3.46. The van der Waals surface area contributed by atoms with Crippen LogP contribution in [-0.2, 0) is 0 Å². The lowest BCUT2D eigenvalue weighted by atomic mass is 10.1. The Morgan fingerprint density at radius 3 is 2.38 bits per heavy atom. The summed E-state index contributed by atoms with van der Waals surface area (Å²) in [5, 5.41) is 5.06. The van der Waals surface area contributed by atoms with Crippen molar-refractivity contribution in [3.05, 3.63) is 109 Å². The van der Waals surface area contributed by atoms with Crippen molar-refractivity contribution in [2.24, 2.45) is 0 Å². The number of aromatic nitrogens is 3. The number of aryl methyl sites for hydroxylation is 1. The maximum Gasteiger partial charge on any atom is 0.255 e. The number of rotatable bonds is 5. The zero-order chi connectivity index (χ0) is 21.9. The molecule has 3 aromatic carbocycles. The standard InChI is InChI=1S/C26H20N4O2/c1-18-27-24(30-14-4-5-15-30)17-25(28-18)32-23-12-10-22(11-13-23)29-26(31)21-9-8-19-6-2-3-7-20(19)16-21/h2-17H,1H3,(H,29,31). The van der Waals surface area contributed by atoms with Gasteiger partial charge in [-0.3, -0.25) is 4.79 Å². The summed E-state index contributed by atoms with van der Waals surface area (Å²) in [4.78, 5) is 21.5. The number of carbonyl (C=O) groups is 1. The largest absolute Gasteiger partial charge is 0.439 e. The summed E-state index contributed by atoms with van der Waals surface area (Å²) >= 11 is 0. The van der Waals surface area contributed by atoms with Crippen LogP contribution in [0.2, 0.25) is 0 Å². The van der Waals surface area contributed by atoms with E-state index < -0.39 is 0 Å². The molecule has 1 N–H and O–H groups in total. The van der Waals surface area contributed by atoms with Crippen molar-refractivity contribution in [3.63, 3.8) is 0 Å². The monoisotopic (exact) mass is 420 g/mol. The van der Waals surface area contributed by atoms with Gasteiger partial charge in [0.1, 0.15) is 17.4 Å². The normalized spacial score (nSPS) is 10.8. The number of amides is 1. The van der Waals surface area contributed by atoms with E-state index in [1.54, 1.807) is 30.3 Å². The smallest absolute Gasteiger partial charge is 0.255 e. The summed E-state index contributed by atoms with van der Waals surface area (Å²) in [5.74, 6) is 2.26. The second kappa shape index (κ2) is 8.35. The Kier molecular flexibility index (Phi) is 5.09. The number of fused-ring (bicyclic) bond motifs is 1. The zero-order valence-corrected chi connectivity index (χ0v) is 17.4. The molecule has 0 aliphatic rings. The van der Waals surface area contributed by atoms with E-state index in [2.05, 4.69) is 15.3 Å². The molecule has 0 unspecified atom stereocenters. The number of hydrogen-bond acceptors (Lipinski definition) is 4. The van der Waals surface area contributed by atoms with Gasteiger partial charge in [-0.15, -0.1) is 0 Å². The number of hydrogen-bond donors (Lipinski definition) is 1. The molecule has 0 atom stereocenters. The number of nitrogens with zero attached hydrogens (tertiary/aromatic N) is 3. The summed E-state index contributed by atoms with van der Waals surface area (Å²) < 4.78 is 7.81. The second-order valence-electron chi connectivity index (χ2n) is 7.34. The molecular weight excluding hydrogens is 400 g/mol. The van der Waals surface area contributed by atoms with Gasteiger partial charge in [-0.1, -0.05) is 30.3 Å². The van der Waals surface area contributed by atoms with Crippen LogP contribution in [-0.4, -0.2) is 20.4 Å².